The summed E-state index contributed by atoms with van der Waals surface area (Å²) in [6.07, 6.45) is 1.63. The lowest BCUT2D eigenvalue weighted by Gasteiger charge is -2.09. The van der Waals surface area contributed by atoms with Crippen LogP contribution >= 0.6 is 23.2 Å². The number of nitrogens with one attached hydrogen (secondary N) is 1. The second-order valence-electron chi connectivity index (χ2n) is 6.66. The van der Waals surface area contributed by atoms with Crippen LogP contribution in [0.2, 0.25) is 10.0 Å². The number of hydrogen-bond donors (Lipinski definition) is 1. The molecule has 0 saturated heterocycles. The maximum atomic E-state index is 9.49. The first-order chi connectivity index (χ1) is 15.0. The fraction of sp³-hybridized carbons (Fsp3) is 0.174. The number of halogens is 2. The predicted octanol–water partition coefficient (Wildman–Crippen LogP) is 5.74. The molecule has 0 atom stereocenters. The second-order valence-corrected chi connectivity index (χ2v) is 7.50. The van der Waals surface area contributed by atoms with Gasteiger partial charge in [0.1, 0.15) is 24.0 Å². The smallest absolute Gasteiger partial charge is 0.164 e. The van der Waals surface area contributed by atoms with Crippen molar-refractivity contribution in [2.75, 3.05) is 12.5 Å². The molecular weight excluding hydrogens is 435 g/mol. The van der Waals surface area contributed by atoms with Crippen LogP contribution in [0.1, 0.15) is 27.9 Å². The normalized spacial score (nSPS) is 10.8. The molecule has 3 aromatic rings. The van der Waals surface area contributed by atoms with Gasteiger partial charge in [0.25, 0.3) is 0 Å². The van der Waals surface area contributed by atoms with Gasteiger partial charge in [-0.25, -0.2) is 4.98 Å². The number of hydrogen-bond acceptors (Lipinski definition) is 6. The van der Waals surface area contributed by atoms with E-state index < -0.39 is 0 Å². The summed E-state index contributed by atoms with van der Waals surface area (Å²) in [5.74, 6) is 1.05. The van der Waals surface area contributed by atoms with Gasteiger partial charge in [0.2, 0.25) is 0 Å². The lowest BCUT2D eigenvalue weighted by atomic mass is 10.1. The van der Waals surface area contributed by atoms with Gasteiger partial charge in [0, 0.05) is 34.0 Å². The Labute approximate surface area is 191 Å². The zero-order valence-corrected chi connectivity index (χ0v) is 18.5. The maximum absolute atomic E-state index is 9.49. The molecule has 0 aliphatic carbocycles. The molecule has 1 aromatic heterocycles. The monoisotopic (exact) mass is 454 g/mol. The van der Waals surface area contributed by atoms with Crippen molar-refractivity contribution in [3.8, 4) is 11.8 Å². The van der Waals surface area contributed by atoms with Crippen molar-refractivity contribution in [1.29, 1.82) is 5.26 Å². The third-order valence-electron chi connectivity index (χ3n) is 4.29. The molecule has 3 rings (SSSR count). The van der Waals surface area contributed by atoms with Crippen LogP contribution < -0.4 is 10.2 Å². The summed E-state index contributed by atoms with van der Waals surface area (Å²) in [5.41, 5.74) is 6.43. The van der Waals surface area contributed by atoms with E-state index in [-0.39, 0.29) is 0 Å². The van der Waals surface area contributed by atoms with Crippen LogP contribution in [0.5, 0.6) is 5.75 Å². The number of pyridine rings is 1. The van der Waals surface area contributed by atoms with Crippen LogP contribution in [-0.4, -0.2) is 18.3 Å². The molecule has 0 aliphatic heterocycles. The van der Waals surface area contributed by atoms with Crippen LogP contribution in [0.25, 0.3) is 0 Å². The van der Waals surface area contributed by atoms with E-state index in [4.69, 9.17) is 32.7 Å². The summed E-state index contributed by atoms with van der Waals surface area (Å²) in [6.45, 7) is 2.49. The van der Waals surface area contributed by atoms with Gasteiger partial charge in [0.15, 0.2) is 5.82 Å². The molecule has 0 amide bonds. The highest BCUT2D eigenvalue weighted by Crippen LogP contribution is 2.23. The van der Waals surface area contributed by atoms with Gasteiger partial charge >= 0.3 is 0 Å². The summed E-state index contributed by atoms with van der Waals surface area (Å²) < 4.78 is 11.0. The number of nitrogens with zero attached hydrogens (tertiary/aromatic N) is 3. The molecule has 0 aliphatic rings. The largest absolute Gasteiger partial charge is 0.489 e. The van der Waals surface area contributed by atoms with Crippen molar-refractivity contribution in [3.63, 3.8) is 0 Å². The van der Waals surface area contributed by atoms with Gasteiger partial charge in [-0.1, -0.05) is 41.4 Å². The number of anilines is 1. The first kappa shape index (κ1) is 22.6. The van der Waals surface area contributed by atoms with Crippen LogP contribution in [0.15, 0.2) is 53.6 Å². The van der Waals surface area contributed by atoms with E-state index in [2.05, 4.69) is 21.6 Å². The lowest BCUT2D eigenvalue weighted by molar-refractivity contribution is 0.184. The van der Waals surface area contributed by atoms with Crippen LogP contribution in [-0.2, 0) is 18.0 Å². The van der Waals surface area contributed by atoms with Crippen molar-refractivity contribution in [3.05, 3.63) is 86.5 Å². The summed E-state index contributed by atoms with van der Waals surface area (Å²) in [6, 6.07) is 16.7. The minimum atomic E-state index is 0.315. The van der Waals surface area contributed by atoms with Gasteiger partial charge < -0.3 is 9.47 Å². The van der Waals surface area contributed by atoms with Gasteiger partial charge in [-0.3, -0.25) is 5.43 Å². The molecule has 0 radical (unpaired) electrons. The highest BCUT2D eigenvalue weighted by molar-refractivity contribution is 6.35. The van der Waals surface area contributed by atoms with Gasteiger partial charge in [-0.2, -0.15) is 10.4 Å². The number of aromatic nitrogens is 1. The molecule has 6 nitrogen and oxygen atoms in total. The minimum absolute atomic E-state index is 0.315. The fourth-order valence-corrected chi connectivity index (χ4v) is 3.33. The van der Waals surface area contributed by atoms with Gasteiger partial charge in [-0.05, 0) is 42.8 Å². The van der Waals surface area contributed by atoms with E-state index in [1.165, 1.54) is 0 Å². The van der Waals surface area contributed by atoms with E-state index in [0.717, 1.165) is 22.4 Å². The third-order valence-corrected chi connectivity index (χ3v) is 4.88. The van der Waals surface area contributed by atoms with Gasteiger partial charge in [-0.15, -0.1) is 0 Å². The molecule has 0 fully saturated rings. The number of aryl methyl sites for hydroxylation is 1. The van der Waals surface area contributed by atoms with Crippen LogP contribution in [0.3, 0.4) is 0 Å². The second kappa shape index (κ2) is 10.8. The van der Waals surface area contributed by atoms with E-state index in [9.17, 15) is 5.26 Å². The molecule has 158 valence electrons. The Balaban J connectivity index is 1.69. The van der Waals surface area contributed by atoms with Crippen molar-refractivity contribution in [2.45, 2.75) is 20.1 Å². The van der Waals surface area contributed by atoms with Crippen molar-refractivity contribution in [2.24, 2.45) is 5.10 Å². The van der Waals surface area contributed by atoms with E-state index in [0.29, 0.717) is 40.4 Å². The zero-order chi connectivity index (χ0) is 22.2. The highest BCUT2D eigenvalue weighted by Gasteiger charge is 2.11. The SMILES string of the molecule is COCc1cc(C)nc(N/N=C/c2cccc(OCc3ccc(Cl)cc3Cl)c2)c1C#N. The third kappa shape index (κ3) is 6.19. The topological polar surface area (TPSA) is 79.5 Å². The molecule has 2 aromatic carbocycles. The Kier molecular flexibility index (Phi) is 7.85. The summed E-state index contributed by atoms with van der Waals surface area (Å²) >= 11 is 12.1. The number of rotatable bonds is 8. The van der Waals surface area contributed by atoms with E-state index in [1.54, 1.807) is 25.5 Å². The Morgan fingerprint density at radius 1 is 1.13 bits per heavy atom. The van der Waals surface area contributed by atoms with Crippen molar-refractivity contribution in [1.82, 2.24) is 4.98 Å². The average molecular weight is 455 g/mol. The van der Waals surface area contributed by atoms with Crippen LogP contribution in [0.4, 0.5) is 5.82 Å². The standard InChI is InChI=1S/C23H20Cl2N4O2/c1-15-8-18(13-30-2)21(11-26)23(28-15)29-27-12-16-4-3-5-20(9-16)31-14-17-6-7-19(24)10-22(17)25/h3-10,12H,13-14H2,1-2H3,(H,28,29)/b27-12+. The predicted molar refractivity (Wildman–Crippen MR) is 123 cm³/mol. The number of nitriles is 1. The number of methoxy groups -OCH3 is 1. The molecule has 0 unspecified atom stereocenters. The molecule has 0 saturated carbocycles. The summed E-state index contributed by atoms with van der Waals surface area (Å²) in [4.78, 5) is 4.36. The van der Waals surface area contributed by atoms with Crippen molar-refractivity contribution >= 4 is 35.2 Å². The minimum Gasteiger partial charge on any atom is -0.489 e. The summed E-state index contributed by atoms with van der Waals surface area (Å²) in [7, 11) is 1.58. The Morgan fingerprint density at radius 2 is 1.97 bits per heavy atom. The molecule has 0 spiro atoms. The first-order valence-electron chi connectivity index (χ1n) is 9.35. The Hall–Kier alpha value is -3.11. The van der Waals surface area contributed by atoms with Crippen molar-refractivity contribution < 1.29 is 9.47 Å². The first-order valence-corrected chi connectivity index (χ1v) is 10.1. The molecule has 31 heavy (non-hydrogen) atoms. The number of ether oxygens (including phenoxy) is 2. The highest BCUT2D eigenvalue weighted by atomic mass is 35.5. The van der Waals surface area contributed by atoms with Crippen LogP contribution in [0, 0.1) is 18.3 Å². The fourth-order valence-electron chi connectivity index (χ4n) is 2.87. The lowest BCUT2D eigenvalue weighted by Crippen LogP contribution is -2.03. The van der Waals surface area contributed by atoms with E-state index >= 15 is 0 Å². The number of benzene rings is 2. The molecule has 1 heterocycles. The maximum Gasteiger partial charge on any atom is 0.164 e. The Morgan fingerprint density at radius 3 is 2.71 bits per heavy atom. The van der Waals surface area contributed by atoms with E-state index in [1.807, 2.05) is 43.3 Å². The van der Waals surface area contributed by atoms with Gasteiger partial charge in [0.05, 0.1) is 12.8 Å². The zero-order valence-electron chi connectivity index (χ0n) is 17.0. The molecule has 0 bridgehead atoms. The molecule has 8 heteroatoms. The summed E-state index contributed by atoms with van der Waals surface area (Å²) in [5, 5.41) is 14.8. The molecule has 1 N–H and O–H groups in total. The number of hydrazone groups is 1. The molecular formula is C23H20Cl2N4O2. The Bertz CT molecular complexity index is 1140. The average Bonchev–Trinajstić information content (AvgIpc) is 2.73. The quantitative estimate of drug-likeness (QED) is 0.346.